The van der Waals surface area contributed by atoms with Crippen molar-refractivity contribution in [2.75, 3.05) is 0 Å². The Morgan fingerprint density at radius 3 is 2.38 bits per heavy atom. The average Bonchev–Trinajstić information content (AvgIpc) is 2.89. The molecule has 0 N–H and O–H groups in total. The van der Waals surface area contributed by atoms with E-state index in [0.717, 1.165) is 15.9 Å². The number of benzene rings is 2. The smallest absolute Gasteiger partial charge is 0.0670 e. The Hall–Kier alpha value is -2.19. The van der Waals surface area contributed by atoms with E-state index in [0.29, 0.717) is 0 Å². The van der Waals surface area contributed by atoms with Crippen LogP contribution in [-0.4, -0.2) is 4.57 Å². The summed E-state index contributed by atoms with van der Waals surface area (Å²) in [5.74, 6) is 0. The Labute approximate surface area is 130 Å². The van der Waals surface area contributed by atoms with Crippen LogP contribution in [0.15, 0.2) is 67.3 Å². The summed E-state index contributed by atoms with van der Waals surface area (Å²) in [6.07, 6.45) is 3.93. The summed E-state index contributed by atoms with van der Waals surface area (Å²) >= 11 is 4.63. The zero-order valence-corrected chi connectivity index (χ0v) is 12.8. The fraction of sp³-hybridized carbons (Fsp3) is 0.0526. The normalized spacial score (nSPS) is 13.5. The Kier molecular flexibility index (Phi) is 3.72. The second kappa shape index (κ2) is 5.66. The fourth-order valence-electron chi connectivity index (χ4n) is 2.75. The lowest BCUT2D eigenvalue weighted by molar-refractivity contribution is 1.07. The first-order valence-corrected chi connectivity index (χ1v) is 7.39. The number of hydrogen-bond acceptors (Lipinski definition) is 1. The van der Waals surface area contributed by atoms with E-state index in [1.807, 2.05) is 6.07 Å². The molecule has 0 spiro atoms. The van der Waals surface area contributed by atoms with Crippen LogP contribution in [0.5, 0.6) is 0 Å². The van der Waals surface area contributed by atoms with Crippen LogP contribution >= 0.6 is 12.6 Å². The molecule has 0 amide bonds. The lowest BCUT2D eigenvalue weighted by Crippen LogP contribution is -2.29. The number of rotatable bonds is 2. The van der Waals surface area contributed by atoms with Crippen molar-refractivity contribution in [3.05, 3.63) is 77.8 Å². The third-order valence-corrected chi connectivity index (χ3v) is 4.05. The van der Waals surface area contributed by atoms with Crippen molar-refractivity contribution in [1.82, 2.24) is 4.57 Å². The van der Waals surface area contributed by atoms with Crippen LogP contribution < -0.4 is 10.6 Å². The number of fused-ring (bicyclic) bond motifs is 1. The Morgan fingerprint density at radius 1 is 1.05 bits per heavy atom. The molecule has 0 atom stereocenters. The van der Waals surface area contributed by atoms with E-state index in [1.54, 1.807) is 6.08 Å². The summed E-state index contributed by atoms with van der Waals surface area (Å²) in [6, 6.07) is 18.8. The van der Waals surface area contributed by atoms with Gasteiger partial charge in [0, 0.05) is 21.2 Å². The van der Waals surface area contributed by atoms with Crippen molar-refractivity contribution < 1.29 is 0 Å². The molecule has 0 unspecified atom stereocenters. The van der Waals surface area contributed by atoms with E-state index in [9.17, 15) is 0 Å². The van der Waals surface area contributed by atoms with E-state index in [1.165, 1.54) is 16.1 Å². The summed E-state index contributed by atoms with van der Waals surface area (Å²) in [5.41, 5.74) is 2.31. The summed E-state index contributed by atoms with van der Waals surface area (Å²) in [6.45, 7) is 5.94. The highest BCUT2D eigenvalue weighted by molar-refractivity contribution is 7.90. The van der Waals surface area contributed by atoms with Crippen molar-refractivity contribution in [3.8, 4) is 5.69 Å². The maximum absolute atomic E-state index is 4.63. The molecule has 3 rings (SSSR count). The molecule has 1 aromatic heterocycles. The van der Waals surface area contributed by atoms with Crippen LogP contribution in [0.3, 0.4) is 0 Å². The van der Waals surface area contributed by atoms with Crippen molar-refractivity contribution in [3.63, 3.8) is 0 Å². The van der Waals surface area contributed by atoms with E-state index in [-0.39, 0.29) is 0 Å². The average molecular weight is 291 g/mol. The number of aromatic nitrogens is 1. The quantitative estimate of drug-likeness (QED) is 0.688. The van der Waals surface area contributed by atoms with Crippen molar-refractivity contribution in [2.45, 2.75) is 6.92 Å². The first kappa shape index (κ1) is 13.8. The number of thiol groups is 1. The molecule has 0 saturated carbocycles. The van der Waals surface area contributed by atoms with Crippen LogP contribution in [0.2, 0.25) is 0 Å². The summed E-state index contributed by atoms with van der Waals surface area (Å²) in [4.78, 5) is 0.878. The molecule has 1 nitrogen and oxygen atoms in total. The van der Waals surface area contributed by atoms with Crippen LogP contribution in [0, 0.1) is 0 Å². The van der Waals surface area contributed by atoms with Crippen LogP contribution in [0.1, 0.15) is 6.92 Å². The molecular formula is C19H17NS. The fourth-order valence-corrected chi connectivity index (χ4v) is 2.97. The number of hydrogen-bond donors (Lipinski definition) is 1. The van der Waals surface area contributed by atoms with Gasteiger partial charge in [-0.15, -0.1) is 12.6 Å². The zero-order valence-electron chi connectivity index (χ0n) is 12.0. The van der Waals surface area contributed by atoms with Crippen LogP contribution in [0.25, 0.3) is 27.6 Å². The van der Waals surface area contributed by atoms with Gasteiger partial charge in [-0.3, -0.25) is 0 Å². The van der Waals surface area contributed by atoms with E-state index < -0.39 is 0 Å². The van der Waals surface area contributed by atoms with Gasteiger partial charge in [-0.2, -0.15) is 0 Å². The maximum Gasteiger partial charge on any atom is 0.0670 e. The zero-order chi connectivity index (χ0) is 14.8. The van der Waals surface area contributed by atoms with Gasteiger partial charge in [0.1, 0.15) is 0 Å². The minimum Gasteiger partial charge on any atom is -0.308 e. The van der Waals surface area contributed by atoms with Gasteiger partial charge in [0.2, 0.25) is 0 Å². The minimum atomic E-state index is 0.878. The van der Waals surface area contributed by atoms with Gasteiger partial charge in [-0.1, -0.05) is 55.1 Å². The number of para-hydroxylation sites is 2. The van der Waals surface area contributed by atoms with E-state index in [2.05, 4.69) is 85.3 Å². The third-order valence-electron chi connectivity index (χ3n) is 3.65. The standard InChI is InChI=1S/C19H17NS/c1-3-15-16-12-8-9-13-17(16)20(19(15)18(21)4-2)14-10-6-5-7-11-14/h3-13,21H,2H2,1H3/b15-3-,19-18-. The largest absolute Gasteiger partial charge is 0.308 e. The van der Waals surface area contributed by atoms with Crippen LogP contribution in [0.4, 0.5) is 0 Å². The van der Waals surface area contributed by atoms with Crippen molar-refractivity contribution in [2.24, 2.45) is 0 Å². The number of nitrogens with zero attached hydrogens (tertiary/aromatic N) is 1. The van der Waals surface area contributed by atoms with Gasteiger partial charge < -0.3 is 4.57 Å². The Balaban J connectivity index is 2.64. The molecule has 2 aromatic carbocycles. The van der Waals surface area contributed by atoms with Crippen molar-refractivity contribution in [1.29, 1.82) is 0 Å². The summed E-state index contributed by atoms with van der Waals surface area (Å²) in [7, 11) is 0. The van der Waals surface area contributed by atoms with Gasteiger partial charge in [0.25, 0.3) is 0 Å². The Bertz CT molecular complexity index is 917. The molecule has 0 aliphatic carbocycles. The van der Waals surface area contributed by atoms with Gasteiger partial charge in [0.05, 0.1) is 10.9 Å². The highest BCUT2D eigenvalue weighted by Gasteiger charge is 2.09. The first-order valence-electron chi connectivity index (χ1n) is 6.95. The predicted molar refractivity (Wildman–Crippen MR) is 95.3 cm³/mol. The minimum absolute atomic E-state index is 0.878. The molecule has 0 radical (unpaired) electrons. The molecule has 0 aliphatic heterocycles. The molecule has 104 valence electrons. The molecule has 0 saturated heterocycles. The van der Waals surface area contributed by atoms with Gasteiger partial charge in [0.15, 0.2) is 0 Å². The summed E-state index contributed by atoms with van der Waals surface area (Å²) < 4.78 is 2.24. The predicted octanol–water partition coefficient (Wildman–Crippen LogP) is 3.65. The highest BCUT2D eigenvalue weighted by atomic mass is 32.1. The van der Waals surface area contributed by atoms with Crippen molar-refractivity contribution >= 4 is 34.5 Å². The SMILES string of the molecule is C=C/C(S)=c1\c(=C/C)c2ccccc2n1-c1ccccc1. The topological polar surface area (TPSA) is 4.93 Å². The van der Waals surface area contributed by atoms with E-state index >= 15 is 0 Å². The molecule has 3 aromatic rings. The van der Waals surface area contributed by atoms with Gasteiger partial charge in [-0.25, -0.2) is 0 Å². The summed E-state index contributed by atoms with van der Waals surface area (Å²) in [5, 5.41) is 3.51. The lowest BCUT2D eigenvalue weighted by atomic mass is 10.2. The molecule has 0 bridgehead atoms. The Morgan fingerprint density at radius 2 is 1.71 bits per heavy atom. The molecule has 0 aliphatic rings. The monoisotopic (exact) mass is 291 g/mol. The molecular weight excluding hydrogens is 274 g/mol. The second-order valence-electron chi connectivity index (χ2n) is 4.83. The third kappa shape index (κ3) is 2.22. The van der Waals surface area contributed by atoms with Gasteiger partial charge in [-0.05, 0) is 25.1 Å². The first-order chi connectivity index (χ1) is 10.3. The maximum atomic E-state index is 4.63. The highest BCUT2D eigenvalue weighted by Crippen LogP contribution is 2.15. The molecule has 21 heavy (non-hydrogen) atoms. The van der Waals surface area contributed by atoms with Gasteiger partial charge >= 0.3 is 0 Å². The lowest BCUT2D eigenvalue weighted by Gasteiger charge is -2.07. The second-order valence-corrected chi connectivity index (χ2v) is 5.31. The van der Waals surface area contributed by atoms with E-state index in [4.69, 9.17) is 0 Å². The van der Waals surface area contributed by atoms with Crippen LogP contribution in [-0.2, 0) is 0 Å². The molecule has 2 heteroatoms. The molecule has 0 fully saturated rings. The molecule has 1 heterocycles.